The van der Waals surface area contributed by atoms with Crippen LogP contribution < -0.4 is 5.32 Å². The van der Waals surface area contributed by atoms with Crippen LogP contribution in [-0.2, 0) is 20.7 Å². The zero-order chi connectivity index (χ0) is 25.2. The van der Waals surface area contributed by atoms with Crippen molar-refractivity contribution in [2.24, 2.45) is 0 Å². The number of benzene rings is 1. The average molecular weight is 488 g/mol. The number of likely N-dealkylation sites (N-methyl/N-ethyl adjacent to an activating group) is 1. The fourth-order valence-corrected chi connectivity index (χ4v) is 4.55. The van der Waals surface area contributed by atoms with Crippen molar-refractivity contribution < 1.29 is 19.4 Å². The molecule has 4 heterocycles. The van der Waals surface area contributed by atoms with Crippen LogP contribution in [0.5, 0.6) is 0 Å². The van der Waals surface area contributed by atoms with Gasteiger partial charge in [0.1, 0.15) is 5.65 Å². The molecule has 9 heteroatoms. The Kier molecular flexibility index (Phi) is 6.58. The predicted molar refractivity (Wildman–Crippen MR) is 137 cm³/mol. The number of aromatic nitrogens is 2. The number of pyridine rings is 1. The van der Waals surface area contributed by atoms with E-state index < -0.39 is 17.3 Å². The van der Waals surface area contributed by atoms with Gasteiger partial charge in [-0.15, -0.1) is 0 Å². The Balaban J connectivity index is 1.31. The Bertz CT molecular complexity index is 1380. The normalized spacial score (nSPS) is 18.3. The quantitative estimate of drug-likeness (QED) is 0.345. The summed E-state index contributed by atoms with van der Waals surface area (Å²) in [4.78, 5) is 36.9. The first kappa shape index (κ1) is 23.8. The third-order valence-electron chi connectivity index (χ3n) is 6.73. The van der Waals surface area contributed by atoms with E-state index in [4.69, 9.17) is 4.74 Å². The maximum absolute atomic E-state index is 12.9. The second-order valence-electron chi connectivity index (χ2n) is 9.26. The van der Waals surface area contributed by atoms with Crippen molar-refractivity contribution in [2.75, 3.05) is 45.1 Å². The van der Waals surface area contributed by atoms with Gasteiger partial charge in [0, 0.05) is 61.8 Å². The highest BCUT2D eigenvalue weighted by Gasteiger charge is 2.36. The van der Waals surface area contributed by atoms with Crippen LogP contribution in [-0.4, -0.2) is 76.4 Å². The summed E-state index contributed by atoms with van der Waals surface area (Å²) in [5, 5.41) is 13.6. The standard InChI is InChI=1S/C27H29N5O4/c1-17-14-18(7-9-32-12-10-31(2)11-13-32)5-6-21(17)30-26-23(27(34)35)24(33)22(36-26)15-19-16-29-25-20(19)4-3-8-28-25/h3-6,8,14-16,30H,7,9-13H2,1-2H3,(H,28,29)(H,34,35)/b22-15-. The fourth-order valence-electron chi connectivity index (χ4n) is 4.55. The van der Waals surface area contributed by atoms with Crippen molar-refractivity contribution in [3.63, 3.8) is 0 Å². The molecule has 5 rings (SSSR count). The highest BCUT2D eigenvalue weighted by Crippen LogP contribution is 2.30. The minimum Gasteiger partial charge on any atom is -0.477 e. The zero-order valence-corrected chi connectivity index (χ0v) is 20.4. The van der Waals surface area contributed by atoms with Crippen LogP contribution >= 0.6 is 0 Å². The molecule has 3 N–H and O–H groups in total. The summed E-state index contributed by atoms with van der Waals surface area (Å²) in [6, 6.07) is 9.68. The Morgan fingerprint density at radius 3 is 2.81 bits per heavy atom. The number of aromatic amines is 1. The molecular weight excluding hydrogens is 458 g/mol. The number of fused-ring (bicyclic) bond motifs is 1. The number of anilines is 1. The molecule has 36 heavy (non-hydrogen) atoms. The first-order valence-corrected chi connectivity index (χ1v) is 12.0. The molecular formula is C27H29N5O4. The number of carbonyl (C=O) groups excluding carboxylic acids is 1. The number of allylic oxidation sites excluding steroid dienone is 1. The number of ketones is 1. The van der Waals surface area contributed by atoms with Crippen molar-refractivity contribution >= 4 is 34.5 Å². The number of carboxylic acids is 1. The number of carbonyl (C=O) groups is 2. The van der Waals surface area contributed by atoms with Gasteiger partial charge in [-0.2, -0.15) is 0 Å². The van der Waals surface area contributed by atoms with Crippen molar-refractivity contribution in [3.8, 4) is 0 Å². The molecule has 0 unspecified atom stereocenters. The number of Topliss-reactive ketones (excluding diaryl/α,β-unsaturated/α-hetero) is 1. The highest BCUT2D eigenvalue weighted by molar-refractivity contribution is 6.26. The van der Waals surface area contributed by atoms with Crippen molar-refractivity contribution in [1.29, 1.82) is 0 Å². The number of carboxylic acid groups (broad SMARTS) is 1. The highest BCUT2D eigenvalue weighted by atomic mass is 16.5. The maximum Gasteiger partial charge on any atom is 0.345 e. The summed E-state index contributed by atoms with van der Waals surface area (Å²) in [7, 11) is 2.15. The van der Waals surface area contributed by atoms with Gasteiger partial charge in [0.25, 0.3) is 0 Å². The summed E-state index contributed by atoms with van der Waals surface area (Å²) >= 11 is 0. The van der Waals surface area contributed by atoms with Crippen molar-refractivity contribution in [1.82, 2.24) is 19.8 Å². The maximum atomic E-state index is 12.9. The van der Waals surface area contributed by atoms with E-state index in [0.717, 1.165) is 50.1 Å². The van der Waals surface area contributed by atoms with Gasteiger partial charge in [0.15, 0.2) is 11.3 Å². The van der Waals surface area contributed by atoms with Crippen LogP contribution in [0, 0.1) is 6.92 Å². The monoisotopic (exact) mass is 487 g/mol. The van der Waals surface area contributed by atoms with Gasteiger partial charge in [-0.25, -0.2) is 9.78 Å². The van der Waals surface area contributed by atoms with E-state index in [9.17, 15) is 14.7 Å². The molecule has 2 aliphatic rings. The molecule has 0 bridgehead atoms. The van der Waals surface area contributed by atoms with E-state index in [1.807, 2.05) is 25.1 Å². The van der Waals surface area contributed by atoms with E-state index in [-0.39, 0.29) is 11.6 Å². The van der Waals surface area contributed by atoms with Gasteiger partial charge in [-0.3, -0.25) is 4.79 Å². The lowest BCUT2D eigenvalue weighted by molar-refractivity contribution is -0.134. The van der Waals surface area contributed by atoms with E-state index in [1.54, 1.807) is 18.5 Å². The molecule has 0 aliphatic carbocycles. The van der Waals surface area contributed by atoms with E-state index in [1.165, 1.54) is 11.6 Å². The van der Waals surface area contributed by atoms with Gasteiger partial charge in [-0.05, 0) is 55.8 Å². The topological polar surface area (TPSA) is 111 Å². The third-order valence-corrected chi connectivity index (χ3v) is 6.73. The fraction of sp³-hybridized carbons (Fsp3) is 0.296. The van der Waals surface area contributed by atoms with Crippen molar-refractivity contribution in [2.45, 2.75) is 13.3 Å². The van der Waals surface area contributed by atoms with Gasteiger partial charge < -0.3 is 29.9 Å². The Morgan fingerprint density at radius 1 is 1.25 bits per heavy atom. The Hall–Kier alpha value is -3.95. The summed E-state index contributed by atoms with van der Waals surface area (Å²) in [6.07, 6.45) is 5.85. The Morgan fingerprint density at radius 2 is 2.06 bits per heavy atom. The van der Waals surface area contributed by atoms with Crippen LogP contribution in [0.25, 0.3) is 17.1 Å². The molecule has 1 fully saturated rings. The van der Waals surface area contributed by atoms with Gasteiger partial charge in [0.2, 0.25) is 11.7 Å². The molecule has 0 amide bonds. The molecule has 2 aliphatic heterocycles. The number of H-pyrrole nitrogens is 1. The predicted octanol–water partition coefficient (Wildman–Crippen LogP) is 3.01. The lowest BCUT2D eigenvalue weighted by Crippen LogP contribution is -2.45. The summed E-state index contributed by atoms with van der Waals surface area (Å²) < 4.78 is 5.75. The molecule has 1 aromatic carbocycles. The van der Waals surface area contributed by atoms with Crippen LogP contribution in [0.4, 0.5) is 5.69 Å². The largest absolute Gasteiger partial charge is 0.477 e. The van der Waals surface area contributed by atoms with Gasteiger partial charge >= 0.3 is 5.97 Å². The number of rotatable bonds is 7. The van der Waals surface area contributed by atoms with Crippen LogP contribution in [0.15, 0.2) is 59.9 Å². The molecule has 1 saturated heterocycles. The third kappa shape index (κ3) is 4.89. The average Bonchev–Trinajstić information content (AvgIpc) is 3.41. The number of aryl methyl sites for hydroxylation is 1. The first-order valence-electron chi connectivity index (χ1n) is 12.0. The number of aliphatic carboxylic acids is 1. The van der Waals surface area contributed by atoms with Gasteiger partial charge in [0.05, 0.1) is 0 Å². The molecule has 0 spiro atoms. The minimum atomic E-state index is -1.34. The lowest BCUT2D eigenvalue weighted by atomic mass is 10.1. The summed E-state index contributed by atoms with van der Waals surface area (Å²) in [5.41, 5.74) is 3.78. The molecule has 0 atom stereocenters. The van der Waals surface area contributed by atoms with Crippen LogP contribution in [0.2, 0.25) is 0 Å². The van der Waals surface area contributed by atoms with Gasteiger partial charge in [-0.1, -0.05) is 12.1 Å². The first-order chi connectivity index (χ1) is 17.4. The summed E-state index contributed by atoms with van der Waals surface area (Å²) in [5.74, 6) is -2.15. The molecule has 9 nitrogen and oxygen atoms in total. The zero-order valence-electron chi connectivity index (χ0n) is 20.4. The second-order valence-corrected chi connectivity index (χ2v) is 9.26. The molecule has 186 valence electrons. The smallest absolute Gasteiger partial charge is 0.345 e. The molecule has 2 aromatic heterocycles. The van der Waals surface area contributed by atoms with Crippen molar-refractivity contribution in [3.05, 3.63) is 76.6 Å². The number of ether oxygens (including phenoxy) is 1. The van der Waals surface area contributed by atoms with E-state index >= 15 is 0 Å². The second kappa shape index (κ2) is 9.96. The Labute approximate surface area is 209 Å². The van der Waals surface area contributed by atoms with E-state index in [2.05, 4.69) is 38.2 Å². The molecule has 3 aromatic rings. The number of piperazine rings is 1. The van der Waals surface area contributed by atoms with Crippen LogP contribution in [0.1, 0.15) is 16.7 Å². The minimum absolute atomic E-state index is 0.0545. The number of nitrogens with zero attached hydrogens (tertiary/aromatic N) is 3. The SMILES string of the molecule is Cc1cc(CCN2CCN(C)CC2)ccc1NC1=C(C(=O)O)C(=O)/C(=C/c2c[nH]c3ncccc23)O1. The molecule has 0 radical (unpaired) electrons. The number of hydrogen-bond acceptors (Lipinski definition) is 7. The lowest BCUT2D eigenvalue weighted by Gasteiger charge is -2.32. The van der Waals surface area contributed by atoms with Crippen LogP contribution in [0.3, 0.4) is 0 Å². The summed E-state index contributed by atoms with van der Waals surface area (Å²) in [6.45, 7) is 7.30. The van der Waals surface area contributed by atoms with E-state index in [0.29, 0.717) is 16.9 Å². The molecule has 0 saturated carbocycles. The number of nitrogens with one attached hydrogen (secondary N) is 2. The number of hydrogen-bond donors (Lipinski definition) is 3.